The Morgan fingerprint density at radius 2 is 2.00 bits per heavy atom. The number of nitrogens with zero attached hydrogens (tertiary/aromatic N) is 2. The maximum absolute atomic E-state index is 13.5. The van der Waals surface area contributed by atoms with E-state index in [2.05, 4.69) is 22.0 Å². The summed E-state index contributed by atoms with van der Waals surface area (Å²) in [5.74, 6) is -0.176. The Hall–Kier alpha value is -2.22. The van der Waals surface area contributed by atoms with Gasteiger partial charge in [-0.15, -0.1) is 0 Å². The number of hydrogen-bond acceptors (Lipinski definition) is 4. The van der Waals surface area contributed by atoms with Crippen LogP contribution >= 0.6 is 15.9 Å². The van der Waals surface area contributed by atoms with Gasteiger partial charge in [-0.1, -0.05) is 37.3 Å². The Labute approximate surface area is 202 Å². The summed E-state index contributed by atoms with van der Waals surface area (Å²) in [4.78, 5) is 30.3. The van der Waals surface area contributed by atoms with Gasteiger partial charge in [-0.3, -0.25) is 9.59 Å². The number of fused-ring (bicyclic) bond motifs is 3. The molecule has 7 heteroatoms. The van der Waals surface area contributed by atoms with Gasteiger partial charge in [0.05, 0.1) is 30.9 Å². The first kappa shape index (κ1) is 22.6. The smallest absolute Gasteiger partial charge is 0.264 e. The first-order chi connectivity index (χ1) is 15.8. The van der Waals surface area contributed by atoms with Gasteiger partial charge < -0.3 is 19.6 Å². The lowest BCUT2D eigenvalue weighted by Gasteiger charge is -2.36. The van der Waals surface area contributed by atoms with Gasteiger partial charge in [-0.05, 0) is 58.5 Å². The molecule has 2 amide bonds. The van der Waals surface area contributed by atoms with E-state index in [9.17, 15) is 14.7 Å². The van der Waals surface area contributed by atoms with Crippen LogP contribution < -0.4 is 4.90 Å². The van der Waals surface area contributed by atoms with Crippen molar-refractivity contribution in [3.8, 4) is 0 Å². The molecule has 3 aliphatic heterocycles. The first-order valence-corrected chi connectivity index (χ1v) is 12.3. The third kappa shape index (κ3) is 3.44. The quantitative estimate of drug-likeness (QED) is 0.680. The van der Waals surface area contributed by atoms with Crippen molar-refractivity contribution in [2.75, 3.05) is 18.6 Å². The number of aliphatic hydroxyl groups is 1. The number of hydrogen-bond donors (Lipinski definition) is 1. The van der Waals surface area contributed by atoms with Crippen molar-refractivity contribution in [1.82, 2.24) is 4.90 Å². The number of benzene rings is 2. The SMILES string of the molecule is Cc1cc(Br)c2c(c1)[C@@]1(O[C@H](CC(=O)N3Cc4ccccc4C[C@H]3CO)C[C@@H]1C)C(=O)N2C. The molecular formula is C26H29BrN2O4. The zero-order valence-corrected chi connectivity index (χ0v) is 20.8. The Kier molecular flexibility index (Phi) is 5.62. The molecule has 174 valence electrons. The van der Waals surface area contributed by atoms with E-state index in [-0.39, 0.29) is 42.9 Å². The number of carbonyl (C=O) groups is 2. The highest BCUT2D eigenvalue weighted by Crippen LogP contribution is 2.55. The predicted octanol–water partition coefficient (Wildman–Crippen LogP) is 3.69. The van der Waals surface area contributed by atoms with Crippen LogP contribution in [0.4, 0.5) is 5.69 Å². The topological polar surface area (TPSA) is 70.1 Å². The minimum Gasteiger partial charge on any atom is -0.394 e. The number of anilines is 1. The van der Waals surface area contributed by atoms with E-state index in [1.165, 1.54) is 5.56 Å². The summed E-state index contributed by atoms with van der Waals surface area (Å²) in [5, 5.41) is 9.95. The van der Waals surface area contributed by atoms with E-state index < -0.39 is 5.60 Å². The van der Waals surface area contributed by atoms with Crippen LogP contribution in [0.5, 0.6) is 0 Å². The third-order valence-corrected chi connectivity index (χ3v) is 8.12. The summed E-state index contributed by atoms with van der Waals surface area (Å²) in [6.45, 7) is 4.46. The molecule has 0 aromatic heterocycles. The number of likely N-dealkylation sites (N-methyl/N-ethyl adjacent to an activating group) is 1. The highest BCUT2D eigenvalue weighted by Gasteiger charge is 2.60. The van der Waals surface area contributed by atoms with Gasteiger partial charge >= 0.3 is 0 Å². The van der Waals surface area contributed by atoms with Crippen LogP contribution in [-0.2, 0) is 32.9 Å². The number of carbonyl (C=O) groups excluding carboxylic acids is 2. The zero-order chi connectivity index (χ0) is 23.5. The first-order valence-electron chi connectivity index (χ1n) is 11.5. The van der Waals surface area contributed by atoms with Crippen molar-refractivity contribution in [3.63, 3.8) is 0 Å². The Morgan fingerprint density at radius 3 is 2.73 bits per heavy atom. The summed E-state index contributed by atoms with van der Waals surface area (Å²) in [7, 11) is 1.78. The van der Waals surface area contributed by atoms with Gasteiger partial charge in [0.2, 0.25) is 5.91 Å². The van der Waals surface area contributed by atoms with Gasteiger partial charge in [0.25, 0.3) is 5.91 Å². The number of aliphatic hydroxyl groups excluding tert-OH is 1. The Balaban J connectivity index is 1.40. The van der Waals surface area contributed by atoms with Crippen molar-refractivity contribution in [3.05, 3.63) is 63.1 Å². The van der Waals surface area contributed by atoms with Crippen LogP contribution in [0.3, 0.4) is 0 Å². The average Bonchev–Trinajstić information content (AvgIpc) is 3.22. The molecule has 3 heterocycles. The molecule has 1 spiro atoms. The van der Waals surface area contributed by atoms with Crippen LogP contribution in [0.15, 0.2) is 40.9 Å². The van der Waals surface area contributed by atoms with Gasteiger partial charge in [-0.25, -0.2) is 0 Å². The summed E-state index contributed by atoms with van der Waals surface area (Å²) in [6, 6.07) is 11.9. The molecule has 33 heavy (non-hydrogen) atoms. The summed E-state index contributed by atoms with van der Waals surface area (Å²) in [6.07, 6.45) is 1.12. The fourth-order valence-electron chi connectivity index (χ4n) is 5.88. The lowest BCUT2D eigenvalue weighted by Crippen LogP contribution is -2.47. The molecule has 2 aromatic rings. The van der Waals surface area contributed by atoms with E-state index in [0.717, 1.165) is 26.9 Å². The molecule has 3 aliphatic rings. The molecule has 1 saturated heterocycles. The van der Waals surface area contributed by atoms with E-state index >= 15 is 0 Å². The average molecular weight is 513 g/mol. The number of halogens is 1. The van der Waals surface area contributed by atoms with Gasteiger partial charge in [-0.2, -0.15) is 0 Å². The molecule has 4 atom stereocenters. The molecule has 0 unspecified atom stereocenters. The molecular weight excluding hydrogens is 484 g/mol. The second-order valence-corrected chi connectivity index (χ2v) is 10.5. The minimum absolute atomic E-state index is 0.0396. The molecule has 0 bridgehead atoms. The summed E-state index contributed by atoms with van der Waals surface area (Å²) >= 11 is 3.62. The van der Waals surface area contributed by atoms with E-state index in [4.69, 9.17) is 4.74 Å². The monoisotopic (exact) mass is 512 g/mol. The normalized spacial score (nSPS) is 28.4. The van der Waals surface area contributed by atoms with Crippen LogP contribution in [0.2, 0.25) is 0 Å². The van der Waals surface area contributed by atoms with Crippen LogP contribution in [0, 0.1) is 12.8 Å². The second kappa shape index (κ2) is 8.22. The number of ether oxygens (including phenoxy) is 1. The van der Waals surface area contributed by atoms with Gasteiger partial charge in [0.15, 0.2) is 5.60 Å². The highest BCUT2D eigenvalue weighted by molar-refractivity contribution is 9.10. The van der Waals surface area contributed by atoms with Crippen molar-refractivity contribution < 1.29 is 19.4 Å². The highest BCUT2D eigenvalue weighted by atomic mass is 79.9. The molecule has 1 N–H and O–H groups in total. The molecule has 2 aromatic carbocycles. The molecule has 0 radical (unpaired) electrons. The third-order valence-electron chi connectivity index (χ3n) is 7.52. The second-order valence-electron chi connectivity index (χ2n) is 9.65. The molecule has 6 nitrogen and oxygen atoms in total. The van der Waals surface area contributed by atoms with E-state index in [1.54, 1.807) is 16.8 Å². The number of aryl methyl sites for hydroxylation is 1. The zero-order valence-electron chi connectivity index (χ0n) is 19.2. The van der Waals surface area contributed by atoms with Gasteiger partial charge in [0, 0.05) is 29.5 Å². The fourth-order valence-corrected chi connectivity index (χ4v) is 6.72. The van der Waals surface area contributed by atoms with E-state index in [1.807, 2.05) is 44.2 Å². The van der Waals surface area contributed by atoms with Crippen molar-refractivity contribution in [2.24, 2.45) is 5.92 Å². The molecule has 5 rings (SSSR count). The molecule has 0 aliphatic carbocycles. The summed E-state index contributed by atoms with van der Waals surface area (Å²) in [5.41, 5.74) is 4.02. The van der Waals surface area contributed by atoms with Crippen molar-refractivity contribution in [1.29, 1.82) is 0 Å². The lowest BCUT2D eigenvalue weighted by atomic mass is 9.82. The van der Waals surface area contributed by atoms with Crippen molar-refractivity contribution >= 4 is 33.4 Å². The maximum Gasteiger partial charge on any atom is 0.264 e. The number of rotatable bonds is 3. The largest absolute Gasteiger partial charge is 0.394 e. The van der Waals surface area contributed by atoms with Gasteiger partial charge in [0.1, 0.15) is 0 Å². The van der Waals surface area contributed by atoms with Crippen LogP contribution in [0.1, 0.15) is 42.0 Å². The molecule has 1 fully saturated rings. The van der Waals surface area contributed by atoms with Crippen molar-refractivity contribution in [2.45, 2.75) is 57.4 Å². The number of amides is 2. The van der Waals surface area contributed by atoms with Crippen LogP contribution in [-0.4, -0.2) is 47.6 Å². The maximum atomic E-state index is 13.5. The predicted molar refractivity (Wildman–Crippen MR) is 129 cm³/mol. The summed E-state index contributed by atoms with van der Waals surface area (Å²) < 4.78 is 7.39. The fraction of sp³-hybridized carbons (Fsp3) is 0.462. The Morgan fingerprint density at radius 1 is 1.27 bits per heavy atom. The van der Waals surface area contributed by atoms with Crippen LogP contribution in [0.25, 0.3) is 0 Å². The van der Waals surface area contributed by atoms with E-state index in [0.29, 0.717) is 19.4 Å². The molecule has 0 saturated carbocycles. The standard InChI is InChI=1S/C26H29BrN2O4/c1-15-8-21-24(22(27)9-15)28(3)25(32)26(21)16(2)10-20(33-26)12-23(31)29-13-18-7-5-4-6-17(18)11-19(29)14-30/h4-9,16,19-20,30H,10-14H2,1-3H3/t16-,19-,20-,26+/m0/s1. The minimum atomic E-state index is -1.06. The lowest BCUT2D eigenvalue weighted by molar-refractivity contribution is -0.150. The Bertz CT molecular complexity index is 1140.